The summed E-state index contributed by atoms with van der Waals surface area (Å²) < 4.78 is 74.4. The Kier molecular flexibility index (Phi) is 36.8. The van der Waals surface area contributed by atoms with E-state index in [4.69, 9.17) is 41.9 Å². The summed E-state index contributed by atoms with van der Waals surface area (Å²) >= 11 is 0. The summed E-state index contributed by atoms with van der Waals surface area (Å²) in [5.41, 5.74) is 0. The molecule has 0 unspecified atom stereocenters. The van der Waals surface area contributed by atoms with Crippen molar-refractivity contribution in [3.05, 3.63) is 0 Å². The van der Waals surface area contributed by atoms with E-state index < -0.39 is 32.4 Å². The molecular weight excluding hydrogens is 388 g/mol. The van der Waals surface area contributed by atoms with E-state index >= 15 is 0 Å². The van der Waals surface area contributed by atoms with Crippen molar-refractivity contribution in [1.82, 2.24) is 0 Å². The Morgan fingerprint density at radius 3 is 0.615 bits per heavy atom. The molecule has 78 valence electrons. The van der Waals surface area contributed by atoms with E-state index in [1.807, 2.05) is 0 Å². The third kappa shape index (κ3) is 474. The zero-order valence-corrected chi connectivity index (χ0v) is 12.3. The summed E-state index contributed by atoms with van der Waals surface area (Å²) in [6.07, 6.45) is 0. The molecule has 9 nitrogen and oxygen atoms in total. The van der Waals surface area contributed by atoms with Gasteiger partial charge in [-0.3, -0.25) is 0 Å². The molecule has 0 aromatic heterocycles. The first kappa shape index (κ1) is 24.4. The molecular formula is HBaCl3O9. The van der Waals surface area contributed by atoms with Crippen molar-refractivity contribution in [2.45, 2.75) is 0 Å². The van der Waals surface area contributed by atoms with Gasteiger partial charge >= 0.3 is 48.9 Å². The summed E-state index contributed by atoms with van der Waals surface area (Å²) in [5.74, 6) is 0. The molecule has 0 spiro atoms. The van der Waals surface area contributed by atoms with E-state index in [0.717, 1.165) is 0 Å². The van der Waals surface area contributed by atoms with Crippen molar-refractivity contribution >= 4 is 48.9 Å². The zero-order chi connectivity index (χ0) is 10.7. The number of hydrogen-bond acceptors (Lipinski definition) is 9. The first-order chi connectivity index (χ1) is 5.20. The molecule has 0 saturated carbocycles. The Hall–Kier alpha value is 2.08. The molecule has 0 aliphatic rings. The second-order valence-corrected chi connectivity index (χ2v) is 1.74. The van der Waals surface area contributed by atoms with Crippen LogP contribution < -0.4 is 37.3 Å². The van der Waals surface area contributed by atoms with Crippen molar-refractivity contribution in [3.63, 3.8) is 0 Å². The largest absolute Gasteiger partial charge is 2.00 e. The molecule has 0 aliphatic heterocycles. The van der Waals surface area contributed by atoms with Gasteiger partial charge in [-0.1, -0.05) is 0 Å². The van der Waals surface area contributed by atoms with Crippen LogP contribution in [-0.4, -0.2) is 53.5 Å². The third-order valence-corrected chi connectivity index (χ3v) is 0. The Morgan fingerprint density at radius 1 is 0.615 bits per heavy atom. The summed E-state index contributed by atoms with van der Waals surface area (Å²) in [7, 11) is -8.31. The summed E-state index contributed by atoms with van der Waals surface area (Å²) in [6, 6.07) is 0. The van der Waals surface area contributed by atoms with Gasteiger partial charge in [-0.2, -0.15) is 0 Å². The van der Waals surface area contributed by atoms with E-state index in [2.05, 4.69) is 0 Å². The van der Waals surface area contributed by atoms with Crippen LogP contribution in [0.25, 0.3) is 0 Å². The van der Waals surface area contributed by atoms with E-state index in [1.54, 1.807) is 0 Å². The van der Waals surface area contributed by atoms with Crippen molar-refractivity contribution in [1.29, 1.82) is 0 Å². The minimum atomic E-state index is -2.85. The average Bonchev–Trinajstić information content (AvgIpc) is 1.54. The maximum atomic E-state index is 8.52. The summed E-state index contributed by atoms with van der Waals surface area (Å²) in [5, 5.41) is 0. The third-order valence-electron chi connectivity index (χ3n) is 0. The van der Waals surface area contributed by atoms with Crippen LogP contribution in [0.15, 0.2) is 0 Å². The van der Waals surface area contributed by atoms with Crippen molar-refractivity contribution in [2.24, 2.45) is 0 Å². The van der Waals surface area contributed by atoms with E-state index in [0.29, 0.717) is 0 Å². The maximum absolute atomic E-state index is 8.52. The molecule has 0 rings (SSSR count). The Bertz CT molecular complexity index is 43.4. The number of hydrogen-bond donors (Lipinski definition) is 1. The topological polar surface area (TPSA) is 205 Å². The quantitative estimate of drug-likeness (QED) is 0.390. The fourth-order valence-electron chi connectivity index (χ4n) is 0. The van der Waals surface area contributed by atoms with Gasteiger partial charge in [0.25, 0.3) is 10.8 Å². The van der Waals surface area contributed by atoms with Crippen molar-refractivity contribution in [3.8, 4) is 0 Å². The molecule has 0 aromatic rings. The van der Waals surface area contributed by atoms with Gasteiger partial charge in [0.1, 0.15) is 0 Å². The first-order valence-corrected chi connectivity index (χ1v) is 4.21. The molecule has 0 heterocycles. The fraction of sp³-hybridized carbons (Fsp3) is 0. The second-order valence-electron chi connectivity index (χ2n) is 0.579. The molecule has 0 radical (unpaired) electrons. The van der Waals surface area contributed by atoms with E-state index in [9.17, 15) is 0 Å². The van der Waals surface area contributed by atoms with Crippen LogP contribution in [-0.2, 0) is 0 Å². The zero-order valence-electron chi connectivity index (χ0n) is 5.55. The van der Waals surface area contributed by atoms with Crippen LogP contribution in [0.1, 0.15) is 0 Å². The normalized spacial score (nSPS) is 8.31. The predicted molar refractivity (Wildman–Crippen MR) is 7.97 cm³/mol. The van der Waals surface area contributed by atoms with Gasteiger partial charge in [-0.15, -0.1) is 0 Å². The fourth-order valence-corrected chi connectivity index (χ4v) is 0. The molecule has 0 aromatic carbocycles. The molecule has 13 heavy (non-hydrogen) atoms. The van der Waals surface area contributed by atoms with Gasteiger partial charge in [0.2, 0.25) is 0 Å². The predicted octanol–water partition coefficient (Wildman–Crippen LogP) is -10.4. The smallest absolute Gasteiger partial charge is 0.357 e. The molecule has 13 heteroatoms. The SMILES string of the molecule is [Ba+2].[O-][Cl+2]([O-])O.[O-][Cl+2]([O-])[O-].[O-][Cl+2]([O-])[O-]. The van der Waals surface area contributed by atoms with Gasteiger partial charge < -0.3 is 37.3 Å². The van der Waals surface area contributed by atoms with Crippen LogP contribution in [0.2, 0.25) is 0 Å². The standard InChI is InChI=1S/Ba.ClHO3.2ClO3/c;3*2-1(3)4/h;2H;;/q+2;;2*-1. The second kappa shape index (κ2) is 19.6. The van der Waals surface area contributed by atoms with Gasteiger partial charge in [0.15, 0.2) is 0 Å². The summed E-state index contributed by atoms with van der Waals surface area (Å²) in [6.45, 7) is 0. The van der Waals surface area contributed by atoms with Crippen molar-refractivity contribution in [2.75, 3.05) is 0 Å². The minimum Gasteiger partial charge on any atom is -0.357 e. The van der Waals surface area contributed by atoms with Gasteiger partial charge in [0, 0.05) is 4.66 Å². The molecule has 1 N–H and O–H groups in total. The van der Waals surface area contributed by atoms with Gasteiger partial charge in [-0.25, -0.2) is 0 Å². The Labute approximate surface area is 122 Å². The summed E-state index contributed by atoms with van der Waals surface area (Å²) in [4.78, 5) is 0. The molecule has 0 saturated heterocycles. The number of rotatable bonds is 0. The molecule has 0 atom stereocenters. The average molecular weight is 389 g/mol. The van der Waals surface area contributed by atoms with Crippen molar-refractivity contribution < 1.29 is 74.3 Å². The van der Waals surface area contributed by atoms with E-state index in [-0.39, 0.29) is 48.9 Å². The monoisotopic (exact) mass is 388 g/mol. The molecule has 0 aliphatic carbocycles. The van der Waals surface area contributed by atoms with E-state index in [1.165, 1.54) is 0 Å². The van der Waals surface area contributed by atoms with Crippen LogP contribution in [0.4, 0.5) is 0 Å². The van der Waals surface area contributed by atoms with Crippen LogP contribution in [0, 0.1) is 32.4 Å². The molecule has 0 bridgehead atoms. The van der Waals surface area contributed by atoms with Gasteiger partial charge in [0.05, 0.1) is 21.6 Å². The van der Waals surface area contributed by atoms with Crippen LogP contribution in [0.5, 0.6) is 0 Å². The Balaban J connectivity index is -0.0000000450. The Morgan fingerprint density at radius 2 is 0.615 bits per heavy atom. The minimum absolute atomic E-state index is 0. The molecule has 0 amide bonds. The number of halogens is 3. The maximum Gasteiger partial charge on any atom is 2.00 e. The van der Waals surface area contributed by atoms with Crippen LogP contribution in [0.3, 0.4) is 0 Å². The van der Waals surface area contributed by atoms with Crippen LogP contribution >= 0.6 is 0 Å². The first-order valence-electron chi connectivity index (χ1n) is 1.40. The molecule has 0 fully saturated rings. The van der Waals surface area contributed by atoms with Gasteiger partial charge in [-0.05, 0) is 0 Å².